The summed E-state index contributed by atoms with van der Waals surface area (Å²) >= 11 is 6.62. The Labute approximate surface area is 130 Å². The van der Waals surface area contributed by atoms with E-state index in [1.165, 1.54) is 6.07 Å². The van der Waals surface area contributed by atoms with Gasteiger partial charge in [-0.15, -0.1) is 0 Å². The fraction of sp³-hybridized carbons (Fsp3) is 0.143. The minimum Gasteiger partial charge on any atom is -0.206 e. The molecule has 0 saturated heterocycles. The third kappa shape index (κ3) is 3.41. The van der Waals surface area contributed by atoms with Crippen molar-refractivity contribution in [1.29, 1.82) is 0 Å². The van der Waals surface area contributed by atoms with Crippen LogP contribution in [0, 0.1) is 5.82 Å². The maximum atomic E-state index is 13.2. The number of halogens is 6. The molecule has 0 spiro atoms. The van der Waals surface area contributed by atoms with Gasteiger partial charge < -0.3 is 0 Å². The Kier molecular flexibility index (Phi) is 4.54. The summed E-state index contributed by atoms with van der Waals surface area (Å²) in [4.78, 5) is -0.433. The number of alkyl halides is 4. The van der Waals surface area contributed by atoms with E-state index in [1.807, 2.05) is 0 Å². The molecule has 20 heavy (non-hydrogen) atoms. The monoisotopic (exact) mass is 410 g/mol. The summed E-state index contributed by atoms with van der Waals surface area (Å²) in [6.07, 6.45) is -4.70. The summed E-state index contributed by atoms with van der Waals surface area (Å²) in [6, 6.07) is 10.1. The van der Waals surface area contributed by atoms with Gasteiger partial charge in [0.25, 0.3) is 0 Å². The van der Waals surface area contributed by atoms with E-state index in [9.17, 15) is 17.6 Å². The minimum absolute atomic E-state index is 0.348. The molecule has 2 aromatic rings. The average molecular weight is 412 g/mol. The molecule has 0 aliphatic carbocycles. The first-order chi connectivity index (χ1) is 9.29. The fourth-order valence-corrected chi connectivity index (χ4v) is 2.60. The summed E-state index contributed by atoms with van der Waals surface area (Å²) in [5.41, 5.74) is -0.120. The zero-order chi connectivity index (χ0) is 14.9. The Morgan fingerprint density at radius 1 is 0.900 bits per heavy atom. The van der Waals surface area contributed by atoms with Crippen LogP contribution in [-0.2, 0) is 6.18 Å². The molecule has 0 radical (unpaired) electrons. The highest BCUT2D eigenvalue weighted by molar-refractivity contribution is 9.10. The van der Waals surface area contributed by atoms with Crippen molar-refractivity contribution in [3.05, 3.63) is 69.4 Å². The Morgan fingerprint density at radius 3 is 2.00 bits per heavy atom. The van der Waals surface area contributed by atoms with Gasteiger partial charge >= 0.3 is 6.18 Å². The number of benzene rings is 2. The molecule has 0 aromatic heterocycles. The molecule has 0 heterocycles. The Hall–Kier alpha value is -0.880. The van der Waals surface area contributed by atoms with Crippen molar-refractivity contribution in [3.63, 3.8) is 0 Å². The summed E-state index contributed by atoms with van der Waals surface area (Å²) in [6.45, 7) is 0. The highest BCUT2D eigenvalue weighted by atomic mass is 79.9. The predicted octanol–water partition coefficient (Wildman–Crippen LogP) is 6.09. The van der Waals surface area contributed by atoms with E-state index < -0.39 is 22.4 Å². The van der Waals surface area contributed by atoms with Crippen molar-refractivity contribution < 1.29 is 17.6 Å². The van der Waals surface area contributed by atoms with Crippen molar-refractivity contribution in [3.8, 4) is 0 Å². The molecular formula is C14H8Br2F4. The van der Waals surface area contributed by atoms with E-state index in [4.69, 9.17) is 0 Å². The molecule has 0 nitrogen and oxygen atoms in total. The van der Waals surface area contributed by atoms with Gasteiger partial charge in [-0.25, -0.2) is 4.39 Å². The average Bonchev–Trinajstić information content (AvgIpc) is 2.38. The van der Waals surface area contributed by atoms with Gasteiger partial charge in [-0.3, -0.25) is 0 Å². The van der Waals surface area contributed by atoms with Gasteiger partial charge in [-0.05, 0) is 35.4 Å². The molecule has 2 rings (SSSR count). The first kappa shape index (κ1) is 15.5. The van der Waals surface area contributed by atoms with Gasteiger partial charge in [-0.1, -0.05) is 50.1 Å². The van der Waals surface area contributed by atoms with Crippen molar-refractivity contribution in [2.24, 2.45) is 0 Å². The second-order valence-electron chi connectivity index (χ2n) is 4.15. The van der Waals surface area contributed by atoms with Crippen molar-refractivity contribution >= 4 is 31.9 Å². The van der Waals surface area contributed by atoms with Crippen LogP contribution in [0.2, 0.25) is 0 Å². The molecule has 2 aromatic carbocycles. The van der Waals surface area contributed by atoms with Gasteiger partial charge in [0.05, 0.1) is 10.4 Å². The Bertz CT molecular complexity index is 606. The van der Waals surface area contributed by atoms with E-state index in [2.05, 4.69) is 31.9 Å². The first-order valence-electron chi connectivity index (χ1n) is 5.55. The Balaban J connectivity index is 2.40. The van der Waals surface area contributed by atoms with Crippen LogP contribution in [0.5, 0.6) is 0 Å². The quantitative estimate of drug-likeness (QED) is 0.414. The second-order valence-corrected chi connectivity index (χ2v) is 5.98. The van der Waals surface area contributed by atoms with E-state index in [1.54, 1.807) is 24.3 Å². The summed E-state index contributed by atoms with van der Waals surface area (Å²) in [5, 5.41) is 0. The third-order valence-corrected chi connectivity index (χ3v) is 4.34. The van der Waals surface area contributed by atoms with Crippen molar-refractivity contribution in [1.82, 2.24) is 0 Å². The lowest BCUT2D eigenvalue weighted by molar-refractivity contribution is -0.140. The topological polar surface area (TPSA) is 0 Å². The summed E-state index contributed by atoms with van der Waals surface area (Å²) in [7, 11) is 0. The first-order valence-corrected chi connectivity index (χ1v) is 7.26. The standard InChI is InChI=1S/C14H8Br2F4/c15-10-4-1-8(2-5-10)13(16)9-3-6-12(17)11(7-9)14(18,19)20/h1-7,13H. The van der Waals surface area contributed by atoms with Crippen molar-refractivity contribution in [2.45, 2.75) is 11.0 Å². The van der Waals surface area contributed by atoms with Gasteiger partial charge in [0.2, 0.25) is 0 Å². The molecule has 0 aliphatic rings. The van der Waals surface area contributed by atoms with Crippen molar-refractivity contribution in [2.75, 3.05) is 0 Å². The molecule has 0 saturated carbocycles. The van der Waals surface area contributed by atoms with E-state index >= 15 is 0 Å². The zero-order valence-electron chi connectivity index (χ0n) is 9.89. The van der Waals surface area contributed by atoms with Crippen LogP contribution >= 0.6 is 31.9 Å². The fourth-order valence-electron chi connectivity index (χ4n) is 1.74. The summed E-state index contributed by atoms with van der Waals surface area (Å²) < 4.78 is 52.2. The van der Waals surface area contributed by atoms with Gasteiger partial charge in [0, 0.05) is 4.47 Å². The Morgan fingerprint density at radius 2 is 1.45 bits per heavy atom. The molecule has 1 unspecified atom stereocenters. The van der Waals surface area contributed by atoms with Crippen LogP contribution in [0.25, 0.3) is 0 Å². The van der Waals surface area contributed by atoms with Crippen LogP contribution in [0.4, 0.5) is 17.6 Å². The normalized spacial score (nSPS) is 13.3. The van der Waals surface area contributed by atoms with Gasteiger partial charge in [0.15, 0.2) is 0 Å². The van der Waals surface area contributed by atoms with E-state index in [0.29, 0.717) is 5.56 Å². The zero-order valence-corrected chi connectivity index (χ0v) is 13.1. The molecule has 0 N–H and O–H groups in total. The van der Waals surface area contributed by atoms with Crippen LogP contribution in [0.1, 0.15) is 21.5 Å². The molecule has 1 atom stereocenters. The summed E-state index contributed by atoms with van der Waals surface area (Å²) in [5.74, 6) is -1.27. The maximum absolute atomic E-state index is 13.2. The van der Waals surface area contributed by atoms with Crippen LogP contribution in [0.15, 0.2) is 46.9 Å². The van der Waals surface area contributed by atoms with E-state index in [-0.39, 0.29) is 0 Å². The molecule has 0 aliphatic heterocycles. The maximum Gasteiger partial charge on any atom is 0.419 e. The third-order valence-electron chi connectivity index (χ3n) is 2.75. The second kappa shape index (κ2) is 5.85. The SMILES string of the molecule is Fc1ccc(C(Br)c2ccc(Br)cc2)cc1C(F)(F)F. The smallest absolute Gasteiger partial charge is 0.206 e. The van der Waals surface area contributed by atoms with Crippen LogP contribution < -0.4 is 0 Å². The molecule has 106 valence electrons. The lowest BCUT2D eigenvalue weighted by Gasteiger charge is -2.14. The number of hydrogen-bond acceptors (Lipinski definition) is 0. The van der Waals surface area contributed by atoms with Gasteiger partial charge in [0.1, 0.15) is 5.82 Å². The largest absolute Gasteiger partial charge is 0.419 e. The molecule has 0 amide bonds. The highest BCUT2D eigenvalue weighted by Gasteiger charge is 2.34. The van der Waals surface area contributed by atoms with Crippen LogP contribution in [0.3, 0.4) is 0 Å². The molecule has 6 heteroatoms. The molecule has 0 fully saturated rings. The van der Waals surface area contributed by atoms with Gasteiger partial charge in [-0.2, -0.15) is 13.2 Å². The molecular weight excluding hydrogens is 404 g/mol. The van der Waals surface area contributed by atoms with Crippen LogP contribution in [-0.4, -0.2) is 0 Å². The molecule has 0 bridgehead atoms. The number of rotatable bonds is 2. The highest BCUT2D eigenvalue weighted by Crippen LogP contribution is 2.37. The number of hydrogen-bond donors (Lipinski definition) is 0. The van der Waals surface area contributed by atoms with E-state index in [0.717, 1.165) is 22.2 Å². The predicted molar refractivity (Wildman–Crippen MR) is 76.3 cm³/mol. The minimum atomic E-state index is -4.70. The lowest BCUT2D eigenvalue weighted by Crippen LogP contribution is -2.09. The lowest BCUT2D eigenvalue weighted by atomic mass is 10.0.